The van der Waals surface area contributed by atoms with Gasteiger partial charge in [0.1, 0.15) is 6.54 Å². The molecule has 1 heterocycles. The number of hydrogen-bond donors (Lipinski definition) is 3. The van der Waals surface area contributed by atoms with E-state index in [0.717, 1.165) is 0 Å². The Bertz CT molecular complexity index is 233. The summed E-state index contributed by atoms with van der Waals surface area (Å²) in [6, 6.07) is -0.560. The summed E-state index contributed by atoms with van der Waals surface area (Å²) in [5, 5.41) is 14.7. The summed E-state index contributed by atoms with van der Waals surface area (Å²) in [6.45, 7) is 0.402. The van der Waals surface area contributed by atoms with Crippen molar-refractivity contribution < 1.29 is 19.5 Å². The van der Waals surface area contributed by atoms with Gasteiger partial charge in [-0.25, -0.2) is 4.79 Å². The first-order valence-corrected chi connectivity index (χ1v) is 4.19. The van der Waals surface area contributed by atoms with Crippen LogP contribution in [0.4, 0.5) is 4.79 Å². The van der Waals surface area contributed by atoms with Crippen molar-refractivity contribution in [3.63, 3.8) is 0 Å². The van der Waals surface area contributed by atoms with Crippen LogP contribution >= 0.6 is 0 Å². The van der Waals surface area contributed by atoms with Crippen LogP contribution in [-0.4, -0.2) is 55.0 Å². The third-order valence-electron chi connectivity index (χ3n) is 1.66. The molecule has 14 heavy (non-hydrogen) atoms. The third kappa shape index (κ3) is 3.29. The van der Waals surface area contributed by atoms with Gasteiger partial charge in [-0.1, -0.05) is 0 Å². The number of nitrogens with zero attached hydrogens (tertiary/aromatic N) is 1. The number of amides is 3. The van der Waals surface area contributed by atoms with E-state index in [9.17, 15) is 9.59 Å². The van der Waals surface area contributed by atoms with Gasteiger partial charge in [0, 0.05) is 7.05 Å². The quantitative estimate of drug-likeness (QED) is 0.485. The average molecular weight is 203 g/mol. The molecule has 0 bridgehead atoms. The van der Waals surface area contributed by atoms with Gasteiger partial charge < -0.3 is 10.4 Å². The fourth-order valence-corrected chi connectivity index (χ4v) is 1.03. The molecule has 80 valence electrons. The molecular weight excluding hydrogens is 190 g/mol. The van der Waals surface area contributed by atoms with Crippen LogP contribution in [0.5, 0.6) is 0 Å². The Labute approximate surface area is 81.0 Å². The summed E-state index contributed by atoms with van der Waals surface area (Å²) in [5.41, 5.74) is 0. The van der Waals surface area contributed by atoms with Gasteiger partial charge in [0.25, 0.3) is 0 Å². The van der Waals surface area contributed by atoms with Crippen LogP contribution in [0.25, 0.3) is 0 Å². The summed E-state index contributed by atoms with van der Waals surface area (Å²) in [7, 11) is 1.42. The Hall–Kier alpha value is -1.18. The molecule has 3 N–H and O–H groups in total. The van der Waals surface area contributed by atoms with Crippen LogP contribution in [0, 0.1) is 0 Å². The summed E-state index contributed by atoms with van der Waals surface area (Å²) in [4.78, 5) is 26.8. The van der Waals surface area contributed by atoms with Crippen LogP contribution in [0.2, 0.25) is 0 Å². The van der Waals surface area contributed by atoms with Crippen molar-refractivity contribution in [1.29, 1.82) is 0 Å². The molecule has 0 unspecified atom stereocenters. The van der Waals surface area contributed by atoms with E-state index in [-0.39, 0.29) is 19.7 Å². The highest BCUT2D eigenvalue weighted by Crippen LogP contribution is 2.03. The zero-order chi connectivity index (χ0) is 10.6. The molecule has 0 aromatic rings. The molecule has 0 aromatic heterocycles. The van der Waals surface area contributed by atoms with Crippen molar-refractivity contribution in [2.24, 2.45) is 0 Å². The maximum Gasteiger partial charge on any atom is 0.321 e. The van der Waals surface area contributed by atoms with Crippen molar-refractivity contribution in [3.8, 4) is 0 Å². The standard InChI is InChI=1S/C7H13N3O4/c1-8-7(13)9-6(12)3-10-2-5(11)4-14-10/h5,11H,2-4H2,1H3,(H2,8,9,12,13)/t5-/m1/s1. The molecule has 1 atom stereocenters. The smallest absolute Gasteiger partial charge is 0.321 e. The van der Waals surface area contributed by atoms with Crippen molar-refractivity contribution >= 4 is 11.9 Å². The van der Waals surface area contributed by atoms with E-state index in [1.54, 1.807) is 0 Å². The highest BCUT2D eigenvalue weighted by Gasteiger charge is 2.23. The SMILES string of the molecule is CNC(=O)NC(=O)CN1C[C@@H](O)CO1. The van der Waals surface area contributed by atoms with E-state index in [4.69, 9.17) is 9.94 Å². The van der Waals surface area contributed by atoms with E-state index in [1.807, 2.05) is 0 Å². The topological polar surface area (TPSA) is 90.9 Å². The maximum atomic E-state index is 11.1. The lowest BCUT2D eigenvalue weighted by molar-refractivity contribution is -0.141. The van der Waals surface area contributed by atoms with E-state index in [2.05, 4.69) is 10.6 Å². The predicted octanol–water partition coefficient (Wildman–Crippen LogP) is -1.95. The summed E-state index contributed by atoms with van der Waals surface area (Å²) in [5.74, 6) is -0.474. The van der Waals surface area contributed by atoms with Crippen LogP contribution in [0.15, 0.2) is 0 Å². The Morgan fingerprint density at radius 2 is 2.36 bits per heavy atom. The molecule has 0 aromatic carbocycles. The number of carbonyl (C=O) groups is 2. The lowest BCUT2D eigenvalue weighted by atomic mass is 10.4. The molecule has 0 saturated carbocycles. The van der Waals surface area contributed by atoms with E-state index >= 15 is 0 Å². The van der Waals surface area contributed by atoms with Crippen molar-refractivity contribution in [3.05, 3.63) is 0 Å². The normalized spacial score (nSPS) is 22.0. The zero-order valence-corrected chi connectivity index (χ0v) is 7.82. The number of nitrogens with one attached hydrogen (secondary N) is 2. The summed E-state index contributed by atoms with van der Waals surface area (Å²) < 4.78 is 0. The fraction of sp³-hybridized carbons (Fsp3) is 0.714. The molecule has 0 radical (unpaired) electrons. The van der Waals surface area contributed by atoms with Crippen LogP contribution in [-0.2, 0) is 9.63 Å². The number of imide groups is 1. The fourth-order valence-electron chi connectivity index (χ4n) is 1.03. The molecule has 0 spiro atoms. The number of urea groups is 1. The number of rotatable bonds is 2. The van der Waals surface area contributed by atoms with E-state index in [1.165, 1.54) is 12.1 Å². The summed E-state index contributed by atoms with van der Waals surface area (Å²) in [6.07, 6.45) is -0.567. The van der Waals surface area contributed by atoms with Gasteiger partial charge in [-0.05, 0) is 0 Å². The molecule has 1 aliphatic rings. The molecule has 1 rings (SSSR count). The van der Waals surface area contributed by atoms with Gasteiger partial charge in [-0.2, -0.15) is 5.06 Å². The minimum Gasteiger partial charge on any atom is -0.389 e. The number of hydroxylamine groups is 2. The first-order chi connectivity index (χ1) is 6.61. The minimum atomic E-state index is -0.567. The van der Waals surface area contributed by atoms with Crippen molar-refractivity contribution in [2.75, 3.05) is 26.7 Å². The second-order valence-corrected chi connectivity index (χ2v) is 2.90. The second kappa shape index (κ2) is 4.89. The Morgan fingerprint density at radius 1 is 1.64 bits per heavy atom. The third-order valence-corrected chi connectivity index (χ3v) is 1.66. The molecule has 0 aliphatic carbocycles. The van der Waals surface area contributed by atoms with E-state index < -0.39 is 18.0 Å². The van der Waals surface area contributed by atoms with Crippen LogP contribution in [0.1, 0.15) is 0 Å². The predicted molar refractivity (Wildman–Crippen MR) is 46.1 cm³/mol. The Kier molecular flexibility index (Phi) is 3.81. The second-order valence-electron chi connectivity index (χ2n) is 2.90. The Morgan fingerprint density at radius 3 is 2.86 bits per heavy atom. The molecule has 1 fully saturated rings. The van der Waals surface area contributed by atoms with Gasteiger partial charge >= 0.3 is 6.03 Å². The first kappa shape index (κ1) is 10.9. The monoisotopic (exact) mass is 203 g/mol. The molecule has 7 heteroatoms. The van der Waals surface area contributed by atoms with Gasteiger partial charge in [0.15, 0.2) is 0 Å². The van der Waals surface area contributed by atoms with Crippen LogP contribution < -0.4 is 10.6 Å². The number of carbonyl (C=O) groups excluding carboxylic acids is 2. The number of hydrogen-bond acceptors (Lipinski definition) is 5. The van der Waals surface area contributed by atoms with E-state index in [0.29, 0.717) is 0 Å². The molecule has 7 nitrogen and oxygen atoms in total. The number of aliphatic hydroxyl groups excluding tert-OH is 1. The molecule has 1 aliphatic heterocycles. The largest absolute Gasteiger partial charge is 0.389 e. The van der Waals surface area contributed by atoms with Crippen molar-refractivity contribution in [2.45, 2.75) is 6.10 Å². The Balaban J connectivity index is 2.23. The number of β-amino-alcohol motifs (C(OH)–C–C–N with tert-alkyl or cyclic N) is 1. The van der Waals surface area contributed by atoms with Gasteiger partial charge in [0.05, 0.1) is 19.3 Å². The highest BCUT2D eigenvalue weighted by molar-refractivity contribution is 5.95. The molecule has 1 saturated heterocycles. The summed E-state index contributed by atoms with van der Waals surface area (Å²) >= 11 is 0. The maximum absolute atomic E-state index is 11.1. The number of aliphatic hydroxyl groups is 1. The minimum absolute atomic E-state index is 0.0650. The van der Waals surface area contributed by atoms with Gasteiger partial charge in [-0.3, -0.25) is 14.9 Å². The molecule has 3 amide bonds. The highest BCUT2D eigenvalue weighted by atomic mass is 16.7. The average Bonchev–Trinajstić information content (AvgIpc) is 2.50. The van der Waals surface area contributed by atoms with Crippen molar-refractivity contribution in [1.82, 2.24) is 15.7 Å². The first-order valence-electron chi connectivity index (χ1n) is 4.19. The molecular formula is C7H13N3O4. The zero-order valence-electron chi connectivity index (χ0n) is 7.82. The lowest BCUT2D eigenvalue weighted by Crippen LogP contribution is -2.42. The lowest BCUT2D eigenvalue weighted by Gasteiger charge is -2.12. The van der Waals surface area contributed by atoms with Crippen LogP contribution in [0.3, 0.4) is 0 Å². The van der Waals surface area contributed by atoms with Gasteiger partial charge in [0.2, 0.25) is 5.91 Å². The van der Waals surface area contributed by atoms with Gasteiger partial charge in [-0.15, -0.1) is 0 Å².